The summed E-state index contributed by atoms with van der Waals surface area (Å²) in [5.41, 5.74) is 1.67. The van der Waals surface area contributed by atoms with Crippen LogP contribution < -0.4 is 15.4 Å². The molecule has 3 aromatic rings. The number of nitrogens with zero attached hydrogens (tertiary/aromatic N) is 1. The van der Waals surface area contributed by atoms with Crippen LogP contribution in [0.2, 0.25) is 5.02 Å². The molecule has 0 aliphatic heterocycles. The smallest absolute Gasteiger partial charge is 0.416 e. The summed E-state index contributed by atoms with van der Waals surface area (Å²) in [6, 6.07) is 12.6. The average molecular weight is 600 g/mol. The summed E-state index contributed by atoms with van der Waals surface area (Å²) in [5, 5.41) is 6.98. The largest absolute Gasteiger partial charge is 0.494 e. The third kappa shape index (κ3) is 8.32. The number of rotatable bonds is 12. The fourth-order valence-corrected chi connectivity index (χ4v) is 7.97. The van der Waals surface area contributed by atoms with Crippen molar-refractivity contribution in [1.82, 2.24) is 4.98 Å². The molecular formula is C28H34ClF3N3O2PS. The molecule has 0 bridgehead atoms. The lowest BCUT2D eigenvalue weighted by atomic mass is 10.1. The molecule has 11 heteroatoms. The van der Waals surface area contributed by atoms with Crippen LogP contribution in [0.25, 0.3) is 0 Å². The SMILES string of the molecule is COc1cc(NCCP(=O)(C(C)C)C(C)C)ccc1Nc1cc(SCc2cccc(C(F)(F)F)c2)c(Cl)cn1. The highest BCUT2D eigenvalue weighted by Gasteiger charge is 2.30. The van der Waals surface area contributed by atoms with Gasteiger partial charge in [-0.25, -0.2) is 4.98 Å². The Bertz CT molecular complexity index is 1310. The van der Waals surface area contributed by atoms with Gasteiger partial charge in [-0.3, -0.25) is 0 Å². The van der Waals surface area contributed by atoms with Gasteiger partial charge in [-0.2, -0.15) is 13.2 Å². The van der Waals surface area contributed by atoms with Crippen LogP contribution >= 0.6 is 30.5 Å². The van der Waals surface area contributed by atoms with Crippen LogP contribution in [0.4, 0.5) is 30.4 Å². The van der Waals surface area contributed by atoms with Gasteiger partial charge in [-0.1, -0.05) is 57.5 Å². The summed E-state index contributed by atoms with van der Waals surface area (Å²) >= 11 is 7.65. The quantitative estimate of drug-likeness (QED) is 0.160. The van der Waals surface area contributed by atoms with Crippen LogP contribution in [-0.2, 0) is 16.5 Å². The van der Waals surface area contributed by atoms with Crippen molar-refractivity contribution in [2.45, 2.75) is 55.8 Å². The highest BCUT2D eigenvalue weighted by Crippen LogP contribution is 2.54. The van der Waals surface area contributed by atoms with Crippen LogP contribution in [0.15, 0.2) is 59.6 Å². The van der Waals surface area contributed by atoms with E-state index in [2.05, 4.69) is 15.6 Å². The number of pyridine rings is 1. The molecule has 0 atom stereocenters. The molecule has 1 aromatic heterocycles. The van der Waals surface area contributed by atoms with Crippen molar-refractivity contribution in [1.29, 1.82) is 0 Å². The summed E-state index contributed by atoms with van der Waals surface area (Å²) in [7, 11) is -0.725. The zero-order valence-electron chi connectivity index (χ0n) is 22.6. The van der Waals surface area contributed by atoms with Gasteiger partial charge < -0.3 is 19.9 Å². The summed E-state index contributed by atoms with van der Waals surface area (Å²) in [6.07, 6.45) is -2.27. The van der Waals surface area contributed by atoms with E-state index in [4.69, 9.17) is 16.3 Å². The normalized spacial score (nSPS) is 12.2. The minimum Gasteiger partial charge on any atom is -0.494 e. The Morgan fingerprint density at radius 1 is 1.08 bits per heavy atom. The minimum absolute atomic E-state index is 0.139. The van der Waals surface area contributed by atoms with E-state index in [1.165, 1.54) is 24.0 Å². The Hall–Kier alpha value is -2.35. The summed E-state index contributed by atoms with van der Waals surface area (Å²) in [6.45, 7) is 8.66. The first-order valence-electron chi connectivity index (χ1n) is 12.6. The maximum Gasteiger partial charge on any atom is 0.416 e. The maximum atomic E-state index is 13.3. The van der Waals surface area contributed by atoms with Gasteiger partial charge in [0.2, 0.25) is 0 Å². The summed E-state index contributed by atoms with van der Waals surface area (Å²) in [4.78, 5) is 5.02. The second-order valence-corrected chi connectivity index (χ2v) is 15.4. The number of benzene rings is 2. The number of hydrogen-bond acceptors (Lipinski definition) is 6. The van der Waals surface area contributed by atoms with E-state index in [9.17, 15) is 17.7 Å². The third-order valence-electron chi connectivity index (χ3n) is 6.47. The number of hydrogen-bond donors (Lipinski definition) is 2. The van der Waals surface area contributed by atoms with E-state index in [1.54, 1.807) is 19.2 Å². The van der Waals surface area contributed by atoms with Crippen LogP contribution in [0.1, 0.15) is 38.8 Å². The van der Waals surface area contributed by atoms with E-state index >= 15 is 0 Å². The van der Waals surface area contributed by atoms with E-state index in [1.807, 2.05) is 45.9 Å². The van der Waals surface area contributed by atoms with Gasteiger partial charge in [0.15, 0.2) is 0 Å². The molecule has 0 saturated carbocycles. The molecule has 2 N–H and O–H groups in total. The Morgan fingerprint density at radius 2 is 1.79 bits per heavy atom. The molecule has 0 fully saturated rings. The fourth-order valence-electron chi connectivity index (χ4n) is 4.13. The molecule has 1 heterocycles. The second-order valence-electron chi connectivity index (χ2n) is 9.72. The monoisotopic (exact) mass is 599 g/mol. The lowest BCUT2D eigenvalue weighted by molar-refractivity contribution is -0.137. The molecule has 0 aliphatic rings. The zero-order valence-corrected chi connectivity index (χ0v) is 25.1. The number of aromatic nitrogens is 1. The predicted octanol–water partition coefficient (Wildman–Crippen LogP) is 9.39. The molecule has 5 nitrogen and oxygen atoms in total. The van der Waals surface area contributed by atoms with Crippen LogP contribution in [0.3, 0.4) is 0 Å². The van der Waals surface area contributed by atoms with Gasteiger partial charge in [0, 0.05) is 52.6 Å². The minimum atomic E-state index is -4.39. The summed E-state index contributed by atoms with van der Waals surface area (Å²) in [5.74, 6) is 1.42. The number of ether oxygens (including phenoxy) is 1. The topological polar surface area (TPSA) is 63.2 Å². The van der Waals surface area contributed by atoms with Crippen molar-refractivity contribution in [2.24, 2.45) is 0 Å². The Labute approximate surface area is 237 Å². The Balaban J connectivity index is 1.68. The molecule has 0 amide bonds. The van der Waals surface area contributed by atoms with Crippen LogP contribution in [-0.4, -0.2) is 36.1 Å². The molecule has 0 saturated heterocycles. The van der Waals surface area contributed by atoms with Crippen molar-refractivity contribution in [3.63, 3.8) is 0 Å². The lowest BCUT2D eigenvalue weighted by Crippen LogP contribution is -2.17. The molecule has 0 aliphatic carbocycles. The number of nitrogens with one attached hydrogen (secondary N) is 2. The molecular weight excluding hydrogens is 566 g/mol. The van der Waals surface area contributed by atoms with Gasteiger partial charge >= 0.3 is 6.18 Å². The number of thioether (sulfide) groups is 1. The number of methoxy groups -OCH3 is 1. The molecule has 0 radical (unpaired) electrons. The van der Waals surface area contributed by atoms with Gasteiger partial charge in [-0.05, 0) is 29.8 Å². The van der Waals surface area contributed by atoms with E-state index in [0.717, 1.165) is 17.8 Å². The first kappa shape index (κ1) is 31.2. The maximum absolute atomic E-state index is 13.3. The van der Waals surface area contributed by atoms with Crippen LogP contribution in [0, 0.1) is 0 Å². The first-order valence-corrected chi connectivity index (χ1v) is 15.9. The molecule has 3 rings (SSSR count). The lowest BCUT2D eigenvalue weighted by Gasteiger charge is -2.26. The average Bonchev–Trinajstić information content (AvgIpc) is 2.89. The van der Waals surface area contributed by atoms with E-state index in [-0.39, 0.29) is 11.3 Å². The zero-order chi connectivity index (χ0) is 28.8. The van der Waals surface area contributed by atoms with Gasteiger partial charge in [0.1, 0.15) is 11.6 Å². The molecule has 212 valence electrons. The van der Waals surface area contributed by atoms with Crippen molar-refractivity contribution in [3.8, 4) is 5.75 Å². The standard InChI is InChI=1S/C28H34ClF3N3O2PS/c1-18(2)38(36,19(3)4)12-11-33-22-9-10-24(25(14-22)37-5)35-27-15-26(23(29)16-34-27)39-17-20-7-6-8-21(13-20)28(30,31)32/h6-10,13-16,18-19,33H,11-12,17H2,1-5H3,(H,34,35). The first-order chi connectivity index (χ1) is 18.3. The molecule has 0 unspecified atom stereocenters. The van der Waals surface area contributed by atoms with Gasteiger partial charge in [0.25, 0.3) is 0 Å². The third-order valence-corrected chi connectivity index (χ3v) is 12.4. The van der Waals surface area contributed by atoms with Crippen LogP contribution in [0.5, 0.6) is 5.75 Å². The van der Waals surface area contributed by atoms with Gasteiger partial charge in [0.05, 0.1) is 30.5 Å². The molecule has 39 heavy (non-hydrogen) atoms. The Morgan fingerprint density at radius 3 is 2.44 bits per heavy atom. The van der Waals surface area contributed by atoms with E-state index < -0.39 is 18.9 Å². The molecule has 0 spiro atoms. The second kappa shape index (κ2) is 13.3. The van der Waals surface area contributed by atoms with Crippen molar-refractivity contribution < 1.29 is 22.5 Å². The summed E-state index contributed by atoms with van der Waals surface area (Å²) < 4.78 is 58.0. The highest BCUT2D eigenvalue weighted by molar-refractivity contribution is 7.98. The number of halogens is 4. The Kier molecular flexibility index (Phi) is 10.7. The predicted molar refractivity (Wildman–Crippen MR) is 158 cm³/mol. The van der Waals surface area contributed by atoms with E-state index in [0.29, 0.717) is 51.2 Å². The van der Waals surface area contributed by atoms with Gasteiger partial charge in [-0.15, -0.1) is 11.8 Å². The number of anilines is 3. The van der Waals surface area contributed by atoms with Crippen molar-refractivity contribution >= 4 is 47.7 Å². The van der Waals surface area contributed by atoms with Crippen molar-refractivity contribution in [2.75, 3.05) is 30.5 Å². The molecule has 2 aromatic carbocycles. The highest BCUT2D eigenvalue weighted by atomic mass is 35.5. The number of alkyl halides is 3. The fraction of sp³-hybridized carbons (Fsp3) is 0.393. The van der Waals surface area contributed by atoms with Crippen molar-refractivity contribution in [3.05, 3.63) is 70.9 Å².